The van der Waals surface area contributed by atoms with Crippen LogP contribution in [-0.2, 0) is 4.79 Å². The first-order chi connectivity index (χ1) is 9.93. The fourth-order valence-corrected chi connectivity index (χ4v) is 3.45. The molecular weight excluding hydrogens is 283 g/mol. The number of nitrogens with zero attached hydrogens (tertiary/aromatic N) is 1. The minimum Gasteiger partial charge on any atom is -0.355 e. The molecule has 1 aliphatic heterocycles. The van der Waals surface area contributed by atoms with Crippen molar-refractivity contribution in [2.24, 2.45) is 5.92 Å². The first-order valence-corrected chi connectivity index (χ1v) is 7.74. The molecule has 0 aromatic carbocycles. The molecule has 4 nitrogen and oxygen atoms in total. The van der Waals surface area contributed by atoms with Crippen LogP contribution >= 0.6 is 0 Å². The molecule has 122 valence electrons. The van der Waals surface area contributed by atoms with E-state index in [9.17, 15) is 18.0 Å². The summed E-state index contributed by atoms with van der Waals surface area (Å²) in [5, 5.41) is 5.94. The number of rotatable bonds is 3. The number of nitrogens with one attached hydrogen (secondary N) is 2. The number of hydrogen-bond donors (Lipinski definition) is 2. The minimum absolute atomic E-state index is 0.0844. The molecule has 0 bridgehead atoms. The van der Waals surface area contributed by atoms with Crippen LogP contribution in [-0.4, -0.2) is 55.2 Å². The van der Waals surface area contributed by atoms with E-state index in [1.54, 1.807) is 0 Å². The lowest BCUT2D eigenvalue weighted by Gasteiger charge is -2.44. The van der Waals surface area contributed by atoms with E-state index >= 15 is 0 Å². The third kappa shape index (κ3) is 4.10. The molecule has 0 aromatic heterocycles. The normalized spacial score (nSPS) is 31.9. The van der Waals surface area contributed by atoms with E-state index in [1.165, 1.54) is 0 Å². The average Bonchev–Trinajstić information content (AvgIpc) is 2.47. The van der Waals surface area contributed by atoms with E-state index in [2.05, 4.69) is 10.6 Å². The number of alkyl halides is 3. The van der Waals surface area contributed by atoms with Gasteiger partial charge in [0.2, 0.25) is 5.91 Å². The predicted molar refractivity (Wildman–Crippen MR) is 73.8 cm³/mol. The minimum atomic E-state index is -4.12. The van der Waals surface area contributed by atoms with E-state index < -0.39 is 12.1 Å². The molecule has 1 amide bonds. The molecule has 0 radical (unpaired) electrons. The third-order valence-electron chi connectivity index (χ3n) is 4.52. The molecule has 2 fully saturated rings. The van der Waals surface area contributed by atoms with Gasteiger partial charge in [-0.2, -0.15) is 13.2 Å². The largest absolute Gasteiger partial charge is 0.391 e. The lowest BCUT2D eigenvalue weighted by molar-refractivity contribution is -0.187. The third-order valence-corrected chi connectivity index (χ3v) is 4.52. The van der Waals surface area contributed by atoms with Crippen LogP contribution in [0.15, 0.2) is 0 Å². The molecule has 3 unspecified atom stereocenters. The number of piperazine rings is 1. The molecule has 3 atom stereocenters. The summed E-state index contributed by atoms with van der Waals surface area (Å²) >= 11 is 0. The highest BCUT2D eigenvalue weighted by atomic mass is 19.4. The van der Waals surface area contributed by atoms with Crippen LogP contribution < -0.4 is 10.6 Å². The number of halogens is 3. The van der Waals surface area contributed by atoms with Crippen molar-refractivity contribution < 1.29 is 18.0 Å². The maximum absolute atomic E-state index is 12.9. The topological polar surface area (TPSA) is 44.4 Å². The number of amides is 1. The van der Waals surface area contributed by atoms with Crippen molar-refractivity contribution in [3.63, 3.8) is 0 Å². The number of likely N-dealkylation sites (N-methyl/N-ethyl adjacent to an activating group) is 1. The Labute approximate surface area is 123 Å². The summed E-state index contributed by atoms with van der Waals surface area (Å²) in [4.78, 5) is 14.1. The van der Waals surface area contributed by atoms with Crippen LogP contribution in [0.4, 0.5) is 13.2 Å². The van der Waals surface area contributed by atoms with Gasteiger partial charge < -0.3 is 10.6 Å². The maximum Gasteiger partial charge on any atom is 0.391 e. The molecule has 1 saturated carbocycles. The van der Waals surface area contributed by atoms with Gasteiger partial charge in [0.15, 0.2) is 0 Å². The summed E-state index contributed by atoms with van der Waals surface area (Å²) in [7, 11) is 0. The van der Waals surface area contributed by atoms with Gasteiger partial charge in [0.05, 0.1) is 5.92 Å². The Balaban J connectivity index is 2.04. The average molecular weight is 307 g/mol. The molecule has 2 aliphatic rings. The van der Waals surface area contributed by atoms with E-state index in [0.717, 1.165) is 13.0 Å². The van der Waals surface area contributed by atoms with Crippen LogP contribution in [0.5, 0.6) is 0 Å². The van der Waals surface area contributed by atoms with Gasteiger partial charge in [0.1, 0.15) is 6.04 Å². The van der Waals surface area contributed by atoms with Crippen molar-refractivity contribution in [3.8, 4) is 0 Å². The summed E-state index contributed by atoms with van der Waals surface area (Å²) in [6.07, 6.45) is -2.44. The van der Waals surface area contributed by atoms with Crippen LogP contribution in [0.25, 0.3) is 0 Å². The molecule has 2 N–H and O–H groups in total. The zero-order chi connectivity index (χ0) is 15.5. The molecule has 7 heteroatoms. The van der Waals surface area contributed by atoms with Gasteiger partial charge >= 0.3 is 6.18 Å². The van der Waals surface area contributed by atoms with E-state index in [1.807, 2.05) is 11.8 Å². The van der Waals surface area contributed by atoms with Gasteiger partial charge in [-0.3, -0.25) is 9.69 Å². The van der Waals surface area contributed by atoms with E-state index in [0.29, 0.717) is 26.1 Å². The molecule has 21 heavy (non-hydrogen) atoms. The quantitative estimate of drug-likeness (QED) is 0.831. The summed E-state index contributed by atoms with van der Waals surface area (Å²) < 4.78 is 38.8. The summed E-state index contributed by atoms with van der Waals surface area (Å²) in [5.41, 5.74) is 0. The van der Waals surface area contributed by atoms with Crippen molar-refractivity contribution in [2.45, 2.75) is 50.9 Å². The van der Waals surface area contributed by atoms with Crippen molar-refractivity contribution in [1.29, 1.82) is 0 Å². The van der Waals surface area contributed by atoms with Crippen molar-refractivity contribution >= 4 is 5.91 Å². The van der Waals surface area contributed by atoms with Gasteiger partial charge in [-0.15, -0.1) is 0 Å². The van der Waals surface area contributed by atoms with Gasteiger partial charge in [-0.05, 0) is 26.2 Å². The standard InChI is InChI=1S/C14H24F3N3O/c1-2-19-13(21)12-9-18-6-7-20(12)11-5-3-4-10(8-11)14(15,16)17/h10-12,18H,2-9H2,1H3,(H,19,21). The number of carbonyl (C=O) groups excluding carboxylic acids is 1. The molecule has 1 heterocycles. The zero-order valence-electron chi connectivity index (χ0n) is 12.4. The number of carbonyl (C=O) groups is 1. The Morgan fingerprint density at radius 3 is 2.81 bits per heavy atom. The van der Waals surface area contributed by atoms with E-state index in [4.69, 9.17) is 0 Å². The highest BCUT2D eigenvalue weighted by molar-refractivity contribution is 5.82. The van der Waals surface area contributed by atoms with Gasteiger partial charge in [0, 0.05) is 32.2 Å². The van der Waals surface area contributed by atoms with Crippen molar-refractivity contribution in [3.05, 3.63) is 0 Å². The van der Waals surface area contributed by atoms with Gasteiger partial charge in [-0.1, -0.05) is 6.42 Å². The molecule has 1 aliphatic carbocycles. The highest BCUT2D eigenvalue weighted by Crippen LogP contribution is 2.39. The fourth-order valence-electron chi connectivity index (χ4n) is 3.45. The van der Waals surface area contributed by atoms with Crippen LogP contribution in [0, 0.1) is 5.92 Å². The number of hydrogen-bond acceptors (Lipinski definition) is 3. The van der Waals surface area contributed by atoms with Crippen LogP contribution in [0.3, 0.4) is 0 Å². The molecule has 2 rings (SSSR count). The lowest BCUT2D eigenvalue weighted by atomic mass is 9.83. The fraction of sp³-hybridized carbons (Fsp3) is 0.929. The van der Waals surface area contributed by atoms with E-state index in [-0.39, 0.29) is 30.8 Å². The Hall–Kier alpha value is -0.820. The molecule has 1 saturated heterocycles. The Kier molecular flexibility index (Phi) is 5.48. The lowest BCUT2D eigenvalue weighted by Crippen LogP contribution is -2.61. The van der Waals surface area contributed by atoms with Gasteiger partial charge in [-0.25, -0.2) is 0 Å². The summed E-state index contributed by atoms with van der Waals surface area (Å²) in [6, 6.07) is -0.490. The maximum atomic E-state index is 12.9. The monoisotopic (exact) mass is 307 g/mol. The van der Waals surface area contributed by atoms with Crippen molar-refractivity contribution in [1.82, 2.24) is 15.5 Å². The molecule has 0 spiro atoms. The second kappa shape index (κ2) is 6.96. The first-order valence-electron chi connectivity index (χ1n) is 7.74. The Morgan fingerprint density at radius 1 is 1.38 bits per heavy atom. The van der Waals surface area contributed by atoms with Crippen LogP contribution in [0.2, 0.25) is 0 Å². The summed E-state index contributed by atoms with van der Waals surface area (Å²) in [6.45, 7) is 4.26. The predicted octanol–water partition coefficient (Wildman–Crippen LogP) is 1.52. The smallest absolute Gasteiger partial charge is 0.355 e. The first kappa shape index (κ1) is 16.5. The highest BCUT2D eigenvalue weighted by Gasteiger charge is 2.45. The second-order valence-corrected chi connectivity index (χ2v) is 5.91. The van der Waals surface area contributed by atoms with Crippen LogP contribution in [0.1, 0.15) is 32.6 Å². The second-order valence-electron chi connectivity index (χ2n) is 5.91. The van der Waals surface area contributed by atoms with Crippen molar-refractivity contribution in [2.75, 3.05) is 26.2 Å². The zero-order valence-corrected chi connectivity index (χ0v) is 12.4. The Morgan fingerprint density at radius 2 is 2.14 bits per heavy atom. The Bertz CT molecular complexity index is 362. The molecular formula is C14H24F3N3O. The molecule has 0 aromatic rings. The summed E-state index contributed by atoms with van der Waals surface area (Å²) in [5.74, 6) is -1.31. The SMILES string of the molecule is CCNC(=O)C1CNCCN1C1CCCC(C(F)(F)F)C1. The van der Waals surface area contributed by atoms with Gasteiger partial charge in [0.25, 0.3) is 0 Å².